The van der Waals surface area contributed by atoms with E-state index in [1.165, 1.54) is 17.6 Å². The number of phenols is 1. The summed E-state index contributed by atoms with van der Waals surface area (Å²) in [6.45, 7) is 1.74. The molecule has 2 aromatic carbocycles. The molecule has 0 spiro atoms. The Bertz CT molecular complexity index is 858. The number of benzene rings is 2. The molecule has 0 unspecified atom stereocenters. The minimum absolute atomic E-state index is 0.149. The summed E-state index contributed by atoms with van der Waals surface area (Å²) >= 11 is 1.50. The van der Waals surface area contributed by atoms with E-state index in [0.717, 1.165) is 10.2 Å². The molecule has 0 fully saturated rings. The lowest BCUT2D eigenvalue weighted by molar-refractivity contribution is -0.121. The molecule has 0 bridgehead atoms. The third-order valence-corrected chi connectivity index (χ3v) is 4.25. The molecule has 0 saturated heterocycles. The van der Waals surface area contributed by atoms with Gasteiger partial charge in [0.2, 0.25) is 0 Å². The van der Waals surface area contributed by atoms with Crippen LogP contribution in [0.4, 0.5) is 5.13 Å². The molecule has 3 aromatic rings. The van der Waals surface area contributed by atoms with Gasteiger partial charge >= 0.3 is 0 Å². The molecule has 0 aliphatic rings. The Morgan fingerprint density at radius 2 is 2.12 bits per heavy atom. The fourth-order valence-electron chi connectivity index (χ4n) is 2.06. The molecule has 1 aromatic heterocycles. The number of hydrogen-bond donors (Lipinski definition) is 3. The highest BCUT2D eigenvalue weighted by Crippen LogP contribution is 2.25. The van der Waals surface area contributed by atoms with Crippen molar-refractivity contribution in [1.29, 1.82) is 0 Å². The first-order chi connectivity index (χ1) is 11.6. The lowest BCUT2D eigenvalue weighted by atomic mass is 10.2. The number of hydrazone groups is 1. The van der Waals surface area contributed by atoms with Gasteiger partial charge < -0.3 is 10.4 Å². The molecule has 3 N–H and O–H groups in total. The number of aromatic nitrogens is 1. The average molecular weight is 340 g/mol. The zero-order valence-electron chi connectivity index (χ0n) is 12.9. The first-order valence-electron chi connectivity index (χ1n) is 7.36. The number of phenolic OH excluding ortho intramolecular Hbond substituents is 1. The number of fused-ring (bicyclic) bond motifs is 1. The molecule has 0 saturated carbocycles. The molecule has 122 valence electrons. The molecule has 7 heteroatoms. The van der Waals surface area contributed by atoms with E-state index in [-0.39, 0.29) is 11.7 Å². The highest BCUT2D eigenvalue weighted by atomic mass is 32.1. The van der Waals surface area contributed by atoms with E-state index in [1.54, 1.807) is 31.2 Å². The first kappa shape index (κ1) is 15.9. The van der Waals surface area contributed by atoms with Crippen LogP contribution in [-0.4, -0.2) is 28.3 Å². The normalized spacial score (nSPS) is 12.4. The zero-order valence-corrected chi connectivity index (χ0v) is 13.7. The van der Waals surface area contributed by atoms with Crippen LogP contribution in [0.5, 0.6) is 5.75 Å². The quantitative estimate of drug-likeness (QED) is 0.492. The maximum atomic E-state index is 12.1. The smallest absolute Gasteiger partial charge is 0.262 e. The van der Waals surface area contributed by atoms with Crippen molar-refractivity contribution in [2.24, 2.45) is 5.10 Å². The van der Waals surface area contributed by atoms with Crippen LogP contribution in [0.15, 0.2) is 53.6 Å². The summed E-state index contributed by atoms with van der Waals surface area (Å²) in [6.07, 6.45) is 1.47. The monoisotopic (exact) mass is 340 g/mol. The van der Waals surface area contributed by atoms with Crippen LogP contribution in [0.3, 0.4) is 0 Å². The van der Waals surface area contributed by atoms with E-state index in [2.05, 4.69) is 20.8 Å². The van der Waals surface area contributed by atoms with Crippen molar-refractivity contribution in [2.45, 2.75) is 13.0 Å². The van der Waals surface area contributed by atoms with Crippen molar-refractivity contribution >= 4 is 38.8 Å². The second kappa shape index (κ2) is 7.10. The van der Waals surface area contributed by atoms with Crippen LogP contribution in [0.25, 0.3) is 10.2 Å². The van der Waals surface area contributed by atoms with Crippen molar-refractivity contribution < 1.29 is 9.90 Å². The summed E-state index contributed by atoms with van der Waals surface area (Å²) in [5.74, 6) is -0.123. The van der Waals surface area contributed by atoms with E-state index in [0.29, 0.717) is 10.7 Å². The van der Waals surface area contributed by atoms with Crippen molar-refractivity contribution in [1.82, 2.24) is 10.4 Å². The number of anilines is 1. The number of thiazole rings is 1. The number of aromatic hydroxyl groups is 1. The lowest BCUT2D eigenvalue weighted by Gasteiger charge is -2.10. The largest absolute Gasteiger partial charge is 0.508 e. The SMILES string of the molecule is C[C@@H](Nc1nc2ccccc2s1)C(=O)N/N=C\c1cccc(O)c1. The van der Waals surface area contributed by atoms with Gasteiger partial charge in [-0.1, -0.05) is 35.6 Å². The Balaban J connectivity index is 1.58. The topological polar surface area (TPSA) is 86.6 Å². The van der Waals surface area contributed by atoms with Gasteiger partial charge in [0.05, 0.1) is 16.4 Å². The minimum atomic E-state index is -0.480. The predicted octanol–water partition coefficient (Wildman–Crippen LogP) is 2.95. The number of hydrogen-bond acceptors (Lipinski definition) is 6. The van der Waals surface area contributed by atoms with Gasteiger partial charge in [0.1, 0.15) is 11.8 Å². The van der Waals surface area contributed by atoms with Crippen LogP contribution < -0.4 is 10.7 Å². The van der Waals surface area contributed by atoms with Gasteiger partial charge in [-0.25, -0.2) is 10.4 Å². The van der Waals surface area contributed by atoms with Crippen molar-refractivity contribution in [2.75, 3.05) is 5.32 Å². The van der Waals surface area contributed by atoms with E-state index < -0.39 is 6.04 Å². The molecule has 24 heavy (non-hydrogen) atoms. The standard InChI is InChI=1S/C17H16N4O2S/c1-11(19-17-20-14-7-2-3-8-15(14)24-17)16(23)21-18-10-12-5-4-6-13(22)9-12/h2-11,22H,1H3,(H,19,20)(H,21,23)/b18-10-/t11-/m1/s1. The van der Waals surface area contributed by atoms with Crippen LogP contribution in [0, 0.1) is 0 Å². The molecule has 1 amide bonds. The molecule has 1 heterocycles. The number of rotatable bonds is 5. The van der Waals surface area contributed by atoms with Crippen molar-refractivity contribution in [3.05, 3.63) is 54.1 Å². The maximum Gasteiger partial charge on any atom is 0.262 e. The third kappa shape index (κ3) is 3.88. The second-order valence-electron chi connectivity index (χ2n) is 5.18. The molecular weight excluding hydrogens is 324 g/mol. The molecule has 0 aliphatic heterocycles. The van der Waals surface area contributed by atoms with Crippen LogP contribution in [0.1, 0.15) is 12.5 Å². The van der Waals surface area contributed by atoms with E-state index >= 15 is 0 Å². The number of para-hydroxylation sites is 1. The highest BCUT2D eigenvalue weighted by Gasteiger charge is 2.14. The number of carbonyl (C=O) groups is 1. The number of carbonyl (C=O) groups excluding carboxylic acids is 1. The molecule has 6 nitrogen and oxygen atoms in total. The van der Waals surface area contributed by atoms with Gasteiger partial charge in [-0.05, 0) is 36.8 Å². The molecule has 3 rings (SSSR count). The fraction of sp³-hybridized carbons (Fsp3) is 0.118. The summed E-state index contributed by atoms with van der Waals surface area (Å²) in [5, 5.41) is 17.0. The Morgan fingerprint density at radius 1 is 1.29 bits per heavy atom. The predicted molar refractivity (Wildman–Crippen MR) is 96.5 cm³/mol. The first-order valence-corrected chi connectivity index (χ1v) is 8.17. The summed E-state index contributed by atoms with van der Waals surface area (Å²) in [4.78, 5) is 16.5. The van der Waals surface area contributed by atoms with Gasteiger partial charge in [0, 0.05) is 0 Å². The fourth-order valence-corrected chi connectivity index (χ4v) is 3.01. The summed E-state index contributed by atoms with van der Waals surface area (Å²) in [6, 6.07) is 13.9. The zero-order chi connectivity index (χ0) is 16.9. The average Bonchev–Trinajstić information content (AvgIpc) is 2.97. The van der Waals surface area contributed by atoms with Crippen molar-refractivity contribution in [3.8, 4) is 5.75 Å². The third-order valence-electron chi connectivity index (χ3n) is 3.29. The summed E-state index contributed by atoms with van der Waals surface area (Å²) in [5.41, 5.74) is 4.07. The van der Waals surface area contributed by atoms with Gasteiger partial charge in [-0.15, -0.1) is 0 Å². The van der Waals surface area contributed by atoms with Gasteiger partial charge in [-0.2, -0.15) is 5.10 Å². The van der Waals surface area contributed by atoms with E-state index in [4.69, 9.17) is 0 Å². The Kier molecular flexibility index (Phi) is 4.72. The van der Waals surface area contributed by atoms with Crippen LogP contribution >= 0.6 is 11.3 Å². The van der Waals surface area contributed by atoms with E-state index in [9.17, 15) is 9.90 Å². The molecular formula is C17H16N4O2S. The van der Waals surface area contributed by atoms with Gasteiger partial charge in [-0.3, -0.25) is 4.79 Å². The maximum absolute atomic E-state index is 12.1. The van der Waals surface area contributed by atoms with Crippen molar-refractivity contribution in [3.63, 3.8) is 0 Å². The molecule has 1 atom stereocenters. The summed E-state index contributed by atoms with van der Waals surface area (Å²) < 4.78 is 1.06. The van der Waals surface area contributed by atoms with Crippen LogP contribution in [-0.2, 0) is 4.79 Å². The number of nitrogens with one attached hydrogen (secondary N) is 2. The van der Waals surface area contributed by atoms with E-state index in [1.807, 2.05) is 24.3 Å². The minimum Gasteiger partial charge on any atom is -0.508 e. The number of amides is 1. The molecule has 0 radical (unpaired) electrons. The Morgan fingerprint density at radius 3 is 2.92 bits per heavy atom. The number of nitrogens with zero attached hydrogens (tertiary/aromatic N) is 2. The van der Waals surface area contributed by atoms with Gasteiger partial charge in [0.15, 0.2) is 5.13 Å². The highest BCUT2D eigenvalue weighted by molar-refractivity contribution is 7.22. The lowest BCUT2D eigenvalue weighted by Crippen LogP contribution is -2.34. The Hall–Kier alpha value is -2.93. The van der Waals surface area contributed by atoms with Gasteiger partial charge in [0.25, 0.3) is 5.91 Å². The van der Waals surface area contributed by atoms with Crippen LogP contribution in [0.2, 0.25) is 0 Å². The summed E-state index contributed by atoms with van der Waals surface area (Å²) in [7, 11) is 0. The second-order valence-corrected chi connectivity index (χ2v) is 6.21. The molecule has 0 aliphatic carbocycles. The Labute approximate surface area is 142 Å².